The van der Waals surface area contributed by atoms with Gasteiger partial charge in [0.1, 0.15) is 5.82 Å². The molecule has 2 heterocycles. The molecular formula is C26H37N3O3. The largest absolute Gasteiger partial charge is 0.452 e. The van der Waals surface area contributed by atoms with Crippen molar-refractivity contribution in [3.05, 3.63) is 23.5 Å². The first kappa shape index (κ1) is 21.7. The fourth-order valence-electron chi connectivity index (χ4n) is 6.37. The molecule has 2 aliphatic carbocycles. The highest BCUT2D eigenvalue weighted by atomic mass is 16.5. The summed E-state index contributed by atoms with van der Waals surface area (Å²) in [4.78, 5) is 19.6. The fraction of sp³-hybridized carbons (Fsp3) is 0.692. The quantitative estimate of drug-likeness (QED) is 0.681. The zero-order chi connectivity index (χ0) is 22.2. The lowest BCUT2D eigenvalue weighted by atomic mass is 9.84. The number of anilines is 1. The first-order valence-corrected chi connectivity index (χ1v) is 12.7. The Morgan fingerprint density at radius 2 is 1.84 bits per heavy atom. The van der Waals surface area contributed by atoms with E-state index in [2.05, 4.69) is 23.6 Å². The zero-order valence-corrected chi connectivity index (χ0v) is 19.6. The Morgan fingerprint density at radius 3 is 2.59 bits per heavy atom. The molecule has 6 heteroatoms. The monoisotopic (exact) mass is 439 g/mol. The molecule has 2 aromatic rings. The molecule has 1 aromatic carbocycles. The Balaban J connectivity index is 1.61. The fourth-order valence-corrected chi connectivity index (χ4v) is 6.37. The van der Waals surface area contributed by atoms with E-state index >= 15 is 0 Å². The summed E-state index contributed by atoms with van der Waals surface area (Å²) >= 11 is 0. The van der Waals surface area contributed by atoms with Gasteiger partial charge in [0.25, 0.3) is 0 Å². The van der Waals surface area contributed by atoms with Gasteiger partial charge in [0.15, 0.2) is 0 Å². The summed E-state index contributed by atoms with van der Waals surface area (Å²) in [5.41, 5.74) is 4.37. The van der Waals surface area contributed by atoms with Crippen LogP contribution in [0.5, 0.6) is 0 Å². The normalized spacial score (nSPS) is 26.8. The number of aromatic nitrogens is 2. The van der Waals surface area contributed by atoms with E-state index in [9.17, 15) is 9.90 Å². The van der Waals surface area contributed by atoms with Crippen LogP contribution in [0.3, 0.4) is 0 Å². The maximum atomic E-state index is 12.5. The number of ether oxygens (including phenoxy) is 1. The van der Waals surface area contributed by atoms with Crippen LogP contribution in [0.25, 0.3) is 11.0 Å². The van der Waals surface area contributed by atoms with E-state index in [-0.39, 0.29) is 18.2 Å². The highest BCUT2D eigenvalue weighted by Gasteiger charge is 2.33. The minimum Gasteiger partial charge on any atom is -0.452 e. The van der Waals surface area contributed by atoms with Crippen LogP contribution in [-0.2, 0) is 17.6 Å². The minimum absolute atomic E-state index is 0.115. The van der Waals surface area contributed by atoms with Crippen molar-refractivity contribution in [2.45, 2.75) is 102 Å². The van der Waals surface area contributed by atoms with Gasteiger partial charge >= 0.3 is 6.09 Å². The second-order valence-corrected chi connectivity index (χ2v) is 10.2. The number of imidazole rings is 1. The SMILES string of the molecule is COC(=O)N1c2ccc3c(nc(C[C@@H]4CCCC[C@H]4O)n3C3CCCCC3)c2CC[C@@H]1C. The number of aryl methyl sites for hydroxylation is 1. The van der Waals surface area contributed by atoms with Gasteiger partial charge < -0.3 is 14.4 Å². The van der Waals surface area contributed by atoms with E-state index in [0.717, 1.165) is 55.6 Å². The highest BCUT2D eigenvalue weighted by Crippen LogP contribution is 2.40. The molecule has 32 heavy (non-hydrogen) atoms. The first-order valence-electron chi connectivity index (χ1n) is 12.7. The third-order valence-electron chi connectivity index (χ3n) is 8.15. The van der Waals surface area contributed by atoms with Gasteiger partial charge in [-0.25, -0.2) is 9.78 Å². The van der Waals surface area contributed by atoms with Gasteiger partial charge in [-0.1, -0.05) is 32.1 Å². The lowest BCUT2D eigenvalue weighted by Gasteiger charge is -2.34. The molecule has 5 rings (SSSR count). The standard InChI is InChI=1S/C26H37N3O3/c1-17-12-13-20-21(28(17)26(31)32-2)14-15-22-25(20)27-24(16-18-8-6-7-11-23(18)30)29(22)19-9-4-3-5-10-19/h14-15,17-19,23,30H,3-13,16H2,1-2H3/t17-,18-,23+/m0/s1. The molecule has 1 aliphatic heterocycles. The molecule has 0 saturated heterocycles. The number of hydrogen-bond acceptors (Lipinski definition) is 4. The van der Waals surface area contributed by atoms with Crippen molar-refractivity contribution in [1.82, 2.24) is 9.55 Å². The van der Waals surface area contributed by atoms with Crippen molar-refractivity contribution in [1.29, 1.82) is 0 Å². The summed E-state index contributed by atoms with van der Waals surface area (Å²) in [6, 6.07) is 4.88. The van der Waals surface area contributed by atoms with Crippen LogP contribution < -0.4 is 4.90 Å². The summed E-state index contributed by atoms with van der Waals surface area (Å²) in [6.45, 7) is 2.08. The third-order valence-corrected chi connectivity index (χ3v) is 8.15. The van der Waals surface area contributed by atoms with Gasteiger partial charge in [-0.2, -0.15) is 0 Å². The molecule has 1 N–H and O–H groups in total. The molecule has 3 aliphatic rings. The number of carbonyl (C=O) groups is 1. The maximum absolute atomic E-state index is 12.5. The Bertz CT molecular complexity index is 978. The summed E-state index contributed by atoms with van der Waals surface area (Å²) < 4.78 is 7.61. The number of methoxy groups -OCH3 is 1. The zero-order valence-electron chi connectivity index (χ0n) is 19.6. The van der Waals surface area contributed by atoms with Crippen LogP contribution in [0, 0.1) is 5.92 Å². The van der Waals surface area contributed by atoms with Crippen LogP contribution in [0.1, 0.15) is 88.6 Å². The molecule has 2 saturated carbocycles. The molecule has 1 aromatic heterocycles. The number of aliphatic hydroxyl groups is 1. The number of rotatable bonds is 3. The average Bonchev–Trinajstić information content (AvgIpc) is 3.18. The van der Waals surface area contributed by atoms with E-state index in [4.69, 9.17) is 9.72 Å². The van der Waals surface area contributed by atoms with Gasteiger partial charge in [-0.15, -0.1) is 0 Å². The molecule has 0 radical (unpaired) electrons. The van der Waals surface area contributed by atoms with Crippen molar-refractivity contribution >= 4 is 22.8 Å². The van der Waals surface area contributed by atoms with Crippen molar-refractivity contribution < 1.29 is 14.6 Å². The average molecular weight is 440 g/mol. The van der Waals surface area contributed by atoms with E-state index in [1.807, 2.05) is 0 Å². The minimum atomic E-state index is -0.296. The Labute approximate surface area is 190 Å². The molecule has 2 fully saturated rings. The lowest BCUT2D eigenvalue weighted by molar-refractivity contribution is 0.0682. The second kappa shape index (κ2) is 9.05. The van der Waals surface area contributed by atoms with Crippen LogP contribution >= 0.6 is 0 Å². The number of aliphatic hydroxyl groups excluding tert-OH is 1. The van der Waals surface area contributed by atoms with Crippen molar-refractivity contribution in [3.63, 3.8) is 0 Å². The van der Waals surface area contributed by atoms with Crippen LogP contribution in [0.4, 0.5) is 10.5 Å². The molecule has 1 amide bonds. The van der Waals surface area contributed by atoms with Crippen molar-refractivity contribution in [3.8, 4) is 0 Å². The third kappa shape index (κ3) is 3.81. The summed E-state index contributed by atoms with van der Waals surface area (Å²) in [5.74, 6) is 1.43. The van der Waals surface area contributed by atoms with Gasteiger partial charge in [-0.3, -0.25) is 4.90 Å². The van der Waals surface area contributed by atoms with Gasteiger partial charge in [0.05, 0.1) is 29.9 Å². The van der Waals surface area contributed by atoms with Gasteiger partial charge in [0.2, 0.25) is 0 Å². The molecule has 174 valence electrons. The number of carbonyl (C=O) groups excluding carboxylic acids is 1. The lowest BCUT2D eigenvalue weighted by Crippen LogP contribution is -2.42. The van der Waals surface area contributed by atoms with E-state index in [1.54, 1.807) is 4.90 Å². The molecule has 0 bridgehead atoms. The molecule has 6 nitrogen and oxygen atoms in total. The Hall–Kier alpha value is -2.08. The second-order valence-electron chi connectivity index (χ2n) is 10.2. The number of hydrogen-bond donors (Lipinski definition) is 1. The molecule has 0 spiro atoms. The summed E-state index contributed by atoms with van der Waals surface area (Å²) in [6.07, 6.45) is 12.8. The maximum Gasteiger partial charge on any atom is 0.414 e. The number of nitrogens with zero attached hydrogens (tertiary/aromatic N) is 3. The molecule has 0 unspecified atom stereocenters. The Kier molecular flexibility index (Phi) is 6.15. The number of amides is 1. The van der Waals surface area contributed by atoms with Gasteiger partial charge in [0, 0.05) is 24.1 Å². The predicted octanol–water partition coefficient (Wildman–Crippen LogP) is 5.54. The first-order chi connectivity index (χ1) is 15.6. The van der Waals surface area contributed by atoms with Gasteiger partial charge in [-0.05, 0) is 63.5 Å². The summed E-state index contributed by atoms with van der Waals surface area (Å²) in [7, 11) is 1.45. The van der Waals surface area contributed by atoms with Crippen LogP contribution in [0.2, 0.25) is 0 Å². The highest BCUT2D eigenvalue weighted by molar-refractivity contribution is 5.95. The predicted molar refractivity (Wildman–Crippen MR) is 126 cm³/mol. The van der Waals surface area contributed by atoms with Crippen LogP contribution in [0.15, 0.2) is 12.1 Å². The molecule has 3 atom stereocenters. The number of fused-ring (bicyclic) bond motifs is 3. The van der Waals surface area contributed by atoms with Crippen molar-refractivity contribution in [2.24, 2.45) is 5.92 Å². The van der Waals surface area contributed by atoms with E-state index < -0.39 is 0 Å². The molecular weight excluding hydrogens is 402 g/mol. The van der Waals surface area contributed by atoms with Crippen molar-refractivity contribution in [2.75, 3.05) is 12.0 Å². The topological polar surface area (TPSA) is 67.6 Å². The van der Waals surface area contributed by atoms with E-state index in [1.165, 1.54) is 56.7 Å². The van der Waals surface area contributed by atoms with Crippen LogP contribution in [-0.4, -0.2) is 40.0 Å². The number of benzene rings is 1. The smallest absolute Gasteiger partial charge is 0.414 e. The summed E-state index contributed by atoms with van der Waals surface area (Å²) in [5, 5.41) is 10.7. The Morgan fingerprint density at radius 1 is 1.09 bits per heavy atom. The van der Waals surface area contributed by atoms with E-state index in [0.29, 0.717) is 12.0 Å².